The van der Waals surface area contributed by atoms with Gasteiger partial charge in [0, 0.05) is 19.6 Å². The van der Waals surface area contributed by atoms with Gasteiger partial charge in [0.1, 0.15) is 5.82 Å². The Morgan fingerprint density at radius 2 is 2.00 bits per heavy atom. The highest BCUT2D eigenvalue weighted by Crippen LogP contribution is 2.05. The number of hydrogen-bond donors (Lipinski definition) is 1. The van der Waals surface area contributed by atoms with Crippen molar-refractivity contribution in [2.45, 2.75) is 33.6 Å². The summed E-state index contributed by atoms with van der Waals surface area (Å²) in [5, 5.41) is 11.1. The van der Waals surface area contributed by atoms with Gasteiger partial charge in [-0.1, -0.05) is 13.8 Å². The molecule has 18 heavy (non-hydrogen) atoms. The van der Waals surface area contributed by atoms with E-state index in [1.165, 1.54) is 0 Å². The predicted molar refractivity (Wildman–Crippen MR) is 72.7 cm³/mol. The Bertz CT molecular complexity index is 364. The van der Waals surface area contributed by atoms with Gasteiger partial charge in [0.25, 0.3) is 5.91 Å². The zero-order valence-electron chi connectivity index (χ0n) is 11.4. The van der Waals surface area contributed by atoms with Crippen LogP contribution in [0.5, 0.6) is 0 Å². The Kier molecular flexibility index (Phi) is 6.11. The van der Waals surface area contributed by atoms with Gasteiger partial charge in [0.05, 0.1) is 0 Å². The first-order valence-corrected chi connectivity index (χ1v) is 6.59. The average Bonchev–Trinajstić information content (AvgIpc) is 2.42. The average molecular weight is 250 g/mol. The van der Waals surface area contributed by atoms with E-state index >= 15 is 0 Å². The molecule has 0 fully saturated rings. The lowest BCUT2D eigenvalue weighted by Crippen LogP contribution is -2.32. The first kappa shape index (κ1) is 14.4. The topological polar surface area (TPSA) is 58.1 Å². The van der Waals surface area contributed by atoms with Crippen LogP contribution in [0.1, 0.15) is 44.1 Å². The standard InChI is InChI=1S/C13H22N4O/c1-4-9-14-12-8-7-11(15-16-12)13(18)17(6-3)10-5-2/h7-8H,4-6,9-10H2,1-3H3,(H,14,16). The molecular weight excluding hydrogens is 228 g/mol. The molecule has 0 aliphatic heterocycles. The van der Waals surface area contributed by atoms with Gasteiger partial charge in [0.15, 0.2) is 5.69 Å². The van der Waals surface area contributed by atoms with Gasteiger partial charge < -0.3 is 10.2 Å². The second-order valence-corrected chi connectivity index (χ2v) is 4.12. The Hall–Kier alpha value is -1.65. The van der Waals surface area contributed by atoms with Gasteiger partial charge in [0.2, 0.25) is 0 Å². The summed E-state index contributed by atoms with van der Waals surface area (Å²) >= 11 is 0. The van der Waals surface area contributed by atoms with Crippen molar-refractivity contribution in [1.82, 2.24) is 15.1 Å². The number of nitrogens with one attached hydrogen (secondary N) is 1. The maximum atomic E-state index is 12.1. The van der Waals surface area contributed by atoms with Crippen LogP contribution in [0.3, 0.4) is 0 Å². The van der Waals surface area contributed by atoms with Crippen LogP contribution in [0.4, 0.5) is 5.82 Å². The molecule has 0 radical (unpaired) electrons. The minimum Gasteiger partial charge on any atom is -0.369 e. The minimum absolute atomic E-state index is 0.0473. The highest BCUT2D eigenvalue weighted by molar-refractivity contribution is 5.92. The summed E-state index contributed by atoms with van der Waals surface area (Å²) in [6.45, 7) is 8.43. The van der Waals surface area contributed by atoms with Gasteiger partial charge in [-0.2, -0.15) is 0 Å². The predicted octanol–water partition coefficient (Wildman–Crippen LogP) is 2.17. The highest BCUT2D eigenvalue weighted by atomic mass is 16.2. The molecule has 0 spiro atoms. The SMILES string of the molecule is CCCNc1ccc(C(=O)N(CC)CCC)nn1. The van der Waals surface area contributed by atoms with Crippen LogP contribution >= 0.6 is 0 Å². The molecule has 1 aromatic heterocycles. The zero-order chi connectivity index (χ0) is 13.4. The first-order chi connectivity index (χ1) is 8.72. The van der Waals surface area contributed by atoms with Gasteiger partial charge in [-0.15, -0.1) is 10.2 Å². The van der Waals surface area contributed by atoms with E-state index in [1.54, 1.807) is 17.0 Å². The fraction of sp³-hybridized carbons (Fsp3) is 0.615. The molecule has 0 atom stereocenters. The normalized spacial score (nSPS) is 10.2. The van der Waals surface area contributed by atoms with Crippen molar-refractivity contribution >= 4 is 11.7 Å². The molecule has 1 amide bonds. The van der Waals surface area contributed by atoms with Crippen LogP contribution in [-0.4, -0.2) is 40.6 Å². The van der Waals surface area contributed by atoms with Crippen molar-refractivity contribution in [2.24, 2.45) is 0 Å². The third-order valence-electron chi connectivity index (χ3n) is 2.60. The van der Waals surface area contributed by atoms with Crippen LogP contribution in [0.15, 0.2) is 12.1 Å². The lowest BCUT2D eigenvalue weighted by Gasteiger charge is -2.19. The fourth-order valence-electron chi connectivity index (χ4n) is 1.63. The number of anilines is 1. The maximum Gasteiger partial charge on any atom is 0.274 e. The van der Waals surface area contributed by atoms with Gasteiger partial charge >= 0.3 is 0 Å². The van der Waals surface area contributed by atoms with Crippen molar-refractivity contribution in [2.75, 3.05) is 25.0 Å². The second kappa shape index (κ2) is 7.63. The molecule has 0 aromatic carbocycles. The molecule has 1 rings (SSSR count). The van der Waals surface area contributed by atoms with Crippen molar-refractivity contribution in [3.05, 3.63) is 17.8 Å². The van der Waals surface area contributed by atoms with Crippen LogP contribution < -0.4 is 5.32 Å². The molecular formula is C13H22N4O. The number of carbonyl (C=O) groups excluding carboxylic acids is 1. The van der Waals surface area contributed by atoms with Crippen molar-refractivity contribution in [3.8, 4) is 0 Å². The largest absolute Gasteiger partial charge is 0.369 e. The number of nitrogens with zero attached hydrogens (tertiary/aromatic N) is 3. The van der Waals surface area contributed by atoms with Crippen molar-refractivity contribution < 1.29 is 4.79 Å². The lowest BCUT2D eigenvalue weighted by molar-refractivity contribution is 0.0757. The number of amides is 1. The molecule has 1 N–H and O–H groups in total. The summed E-state index contributed by atoms with van der Waals surface area (Å²) in [4.78, 5) is 13.9. The van der Waals surface area contributed by atoms with E-state index in [2.05, 4.69) is 29.4 Å². The van der Waals surface area contributed by atoms with E-state index in [4.69, 9.17) is 0 Å². The summed E-state index contributed by atoms with van der Waals surface area (Å²) in [6, 6.07) is 3.53. The molecule has 0 bridgehead atoms. The molecule has 5 heteroatoms. The molecule has 0 unspecified atom stereocenters. The molecule has 5 nitrogen and oxygen atoms in total. The Balaban J connectivity index is 2.68. The molecule has 1 aromatic rings. The summed E-state index contributed by atoms with van der Waals surface area (Å²) < 4.78 is 0. The summed E-state index contributed by atoms with van der Waals surface area (Å²) in [6.07, 6.45) is 1.98. The summed E-state index contributed by atoms with van der Waals surface area (Å²) in [5.41, 5.74) is 0.410. The van der Waals surface area contributed by atoms with Gasteiger partial charge in [-0.05, 0) is 31.9 Å². The van der Waals surface area contributed by atoms with Crippen LogP contribution in [0.2, 0.25) is 0 Å². The van der Waals surface area contributed by atoms with Gasteiger partial charge in [-0.25, -0.2) is 0 Å². The Morgan fingerprint density at radius 1 is 1.22 bits per heavy atom. The molecule has 0 aliphatic rings. The minimum atomic E-state index is -0.0473. The molecule has 0 aliphatic carbocycles. The van der Waals surface area contributed by atoms with E-state index < -0.39 is 0 Å². The number of hydrogen-bond acceptors (Lipinski definition) is 4. The Labute approximate surface area is 109 Å². The molecule has 100 valence electrons. The van der Waals surface area contributed by atoms with E-state index in [1.807, 2.05) is 6.92 Å². The summed E-state index contributed by atoms with van der Waals surface area (Å²) in [7, 11) is 0. The van der Waals surface area contributed by atoms with Crippen LogP contribution in [0, 0.1) is 0 Å². The second-order valence-electron chi connectivity index (χ2n) is 4.12. The van der Waals surface area contributed by atoms with E-state index in [9.17, 15) is 4.79 Å². The lowest BCUT2D eigenvalue weighted by atomic mass is 10.3. The smallest absolute Gasteiger partial charge is 0.274 e. The van der Waals surface area contributed by atoms with E-state index in [0.29, 0.717) is 18.1 Å². The fourth-order valence-corrected chi connectivity index (χ4v) is 1.63. The number of aromatic nitrogens is 2. The van der Waals surface area contributed by atoms with Crippen LogP contribution in [-0.2, 0) is 0 Å². The molecule has 1 heterocycles. The monoisotopic (exact) mass is 250 g/mol. The van der Waals surface area contributed by atoms with Crippen molar-refractivity contribution in [3.63, 3.8) is 0 Å². The third-order valence-corrected chi connectivity index (χ3v) is 2.60. The number of carbonyl (C=O) groups is 1. The number of rotatable bonds is 7. The maximum absolute atomic E-state index is 12.1. The molecule has 0 saturated carbocycles. The molecule has 0 saturated heterocycles. The van der Waals surface area contributed by atoms with E-state index in [-0.39, 0.29) is 5.91 Å². The van der Waals surface area contributed by atoms with Crippen LogP contribution in [0.25, 0.3) is 0 Å². The highest BCUT2D eigenvalue weighted by Gasteiger charge is 2.14. The quantitative estimate of drug-likeness (QED) is 0.805. The summed E-state index contributed by atoms with van der Waals surface area (Å²) in [5.74, 6) is 0.667. The first-order valence-electron chi connectivity index (χ1n) is 6.59. The van der Waals surface area contributed by atoms with Gasteiger partial charge in [-0.3, -0.25) is 4.79 Å². The Morgan fingerprint density at radius 3 is 2.50 bits per heavy atom. The van der Waals surface area contributed by atoms with Crippen molar-refractivity contribution in [1.29, 1.82) is 0 Å². The third kappa shape index (κ3) is 3.98. The van der Waals surface area contributed by atoms with E-state index in [0.717, 1.165) is 25.9 Å². The zero-order valence-corrected chi connectivity index (χ0v) is 11.4.